The van der Waals surface area contributed by atoms with Crippen molar-refractivity contribution in [3.63, 3.8) is 0 Å². The molecule has 0 atom stereocenters. The molecule has 1 aromatic carbocycles. The molecule has 0 unspecified atom stereocenters. The molecule has 9 nitrogen and oxygen atoms in total. The van der Waals surface area contributed by atoms with Crippen LogP contribution in [0.2, 0.25) is 0 Å². The van der Waals surface area contributed by atoms with E-state index in [2.05, 4.69) is 20.8 Å². The van der Waals surface area contributed by atoms with E-state index >= 15 is 0 Å². The smallest absolute Gasteiger partial charge is 0.316 e. The van der Waals surface area contributed by atoms with Gasteiger partial charge in [0.2, 0.25) is 11.0 Å². The molecule has 2 aromatic rings. The van der Waals surface area contributed by atoms with Crippen LogP contribution in [0.1, 0.15) is 24.2 Å². The molecule has 0 saturated heterocycles. The summed E-state index contributed by atoms with van der Waals surface area (Å²) < 4.78 is 10.7. The number of carbonyl (C=O) groups excluding carboxylic acids is 3. The summed E-state index contributed by atoms with van der Waals surface area (Å²) in [6.45, 7) is 4.26. The number of nitrogens with zero attached hydrogens (tertiary/aromatic N) is 2. The number of thioether (sulfide) groups is 1. The monoisotopic (exact) mass is 424 g/mol. The number of esters is 1. The summed E-state index contributed by atoms with van der Waals surface area (Å²) in [5.74, 6) is -0.359. The summed E-state index contributed by atoms with van der Waals surface area (Å²) in [5.41, 5.74) is 0.421. The predicted octanol–water partition coefficient (Wildman–Crippen LogP) is 1.96. The predicted molar refractivity (Wildman–Crippen MR) is 106 cm³/mol. The van der Waals surface area contributed by atoms with E-state index in [1.54, 1.807) is 31.2 Å². The Kier molecular flexibility index (Phi) is 8.69. The molecule has 1 aromatic heterocycles. The van der Waals surface area contributed by atoms with Gasteiger partial charge < -0.3 is 14.8 Å². The lowest BCUT2D eigenvalue weighted by Gasteiger charge is -2.06. The lowest BCUT2D eigenvalue weighted by molar-refractivity contribution is -0.139. The number of amides is 2. The van der Waals surface area contributed by atoms with Gasteiger partial charge in [0, 0.05) is 5.56 Å². The molecule has 150 valence electrons. The average molecular weight is 425 g/mol. The van der Waals surface area contributed by atoms with Crippen LogP contribution >= 0.6 is 23.1 Å². The van der Waals surface area contributed by atoms with E-state index in [1.165, 1.54) is 11.8 Å². The molecular formula is C17H20N4O5S2. The fourth-order valence-corrected chi connectivity index (χ4v) is 3.50. The Bertz CT molecular complexity index is 810. The van der Waals surface area contributed by atoms with Crippen LogP contribution in [0, 0.1) is 0 Å². The van der Waals surface area contributed by atoms with Crippen LogP contribution < -0.4 is 15.4 Å². The van der Waals surface area contributed by atoms with Gasteiger partial charge in [-0.1, -0.05) is 23.1 Å². The maximum atomic E-state index is 12.1. The second-order valence-corrected chi connectivity index (χ2v) is 7.36. The number of anilines is 1. The van der Waals surface area contributed by atoms with Gasteiger partial charge in [-0.05, 0) is 38.1 Å². The highest BCUT2D eigenvalue weighted by molar-refractivity contribution is 8.01. The molecule has 2 N–H and O–H groups in total. The first kappa shape index (κ1) is 21.6. The summed E-state index contributed by atoms with van der Waals surface area (Å²) in [4.78, 5) is 35.3. The molecule has 0 fully saturated rings. The van der Waals surface area contributed by atoms with Gasteiger partial charge in [-0.2, -0.15) is 0 Å². The number of hydrogen-bond donors (Lipinski definition) is 2. The van der Waals surface area contributed by atoms with Gasteiger partial charge in [-0.25, -0.2) is 0 Å². The third-order valence-electron chi connectivity index (χ3n) is 3.11. The van der Waals surface area contributed by atoms with Gasteiger partial charge >= 0.3 is 5.97 Å². The Morgan fingerprint density at radius 3 is 2.54 bits per heavy atom. The van der Waals surface area contributed by atoms with E-state index in [0.29, 0.717) is 28.9 Å². The minimum Gasteiger partial charge on any atom is -0.494 e. The first-order chi connectivity index (χ1) is 13.5. The van der Waals surface area contributed by atoms with Gasteiger partial charge in [0.15, 0.2) is 4.34 Å². The lowest BCUT2D eigenvalue weighted by Crippen LogP contribution is -2.32. The van der Waals surface area contributed by atoms with Crippen molar-refractivity contribution in [1.82, 2.24) is 15.5 Å². The number of rotatable bonds is 10. The number of aromatic nitrogens is 2. The minimum atomic E-state index is -0.433. The van der Waals surface area contributed by atoms with Gasteiger partial charge in [-0.15, -0.1) is 10.2 Å². The normalized spacial score (nSPS) is 10.2. The van der Waals surface area contributed by atoms with Crippen molar-refractivity contribution in [3.05, 3.63) is 29.8 Å². The summed E-state index contributed by atoms with van der Waals surface area (Å²) in [7, 11) is 0. The fourth-order valence-electron chi connectivity index (χ4n) is 1.94. The summed E-state index contributed by atoms with van der Waals surface area (Å²) in [5, 5.41) is 13.1. The van der Waals surface area contributed by atoms with Crippen LogP contribution in [-0.2, 0) is 14.3 Å². The highest BCUT2D eigenvalue weighted by Crippen LogP contribution is 2.25. The second-order valence-electron chi connectivity index (χ2n) is 5.16. The molecule has 0 aliphatic rings. The van der Waals surface area contributed by atoms with Crippen LogP contribution in [0.15, 0.2) is 28.6 Å². The zero-order chi connectivity index (χ0) is 20.4. The Balaban J connectivity index is 1.76. The summed E-state index contributed by atoms with van der Waals surface area (Å²) in [6.07, 6.45) is 0. The molecular weight excluding hydrogens is 404 g/mol. The summed E-state index contributed by atoms with van der Waals surface area (Å²) >= 11 is 2.31. The number of nitrogens with one attached hydrogen (secondary N) is 2. The molecule has 1 heterocycles. The number of benzene rings is 1. The first-order valence-electron chi connectivity index (χ1n) is 8.44. The van der Waals surface area contributed by atoms with Crippen molar-refractivity contribution in [3.8, 4) is 5.75 Å². The molecule has 2 rings (SSSR count). The Morgan fingerprint density at radius 1 is 1.11 bits per heavy atom. The Hall–Kier alpha value is -2.66. The van der Waals surface area contributed by atoms with Gasteiger partial charge in [-0.3, -0.25) is 19.7 Å². The molecule has 0 bridgehead atoms. The van der Waals surface area contributed by atoms with Crippen LogP contribution in [0.4, 0.5) is 5.13 Å². The topological polar surface area (TPSA) is 120 Å². The summed E-state index contributed by atoms with van der Waals surface area (Å²) in [6, 6.07) is 6.62. The maximum Gasteiger partial charge on any atom is 0.316 e. The molecule has 2 amide bonds. The third kappa shape index (κ3) is 7.16. The molecule has 11 heteroatoms. The van der Waals surface area contributed by atoms with E-state index in [0.717, 1.165) is 11.3 Å². The first-order valence-corrected chi connectivity index (χ1v) is 10.2. The highest BCUT2D eigenvalue weighted by Gasteiger charge is 2.12. The average Bonchev–Trinajstić information content (AvgIpc) is 3.13. The van der Waals surface area contributed by atoms with E-state index in [1.807, 2.05) is 6.92 Å². The minimum absolute atomic E-state index is 0.120. The largest absolute Gasteiger partial charge is 0.494 e. The van der Waals surface area contributed by atoms with Crippen LogP contribution in [-0.4, -0.2) is 53.5 Å². The van der Waals surface area contributed by atoms with Gasteiger partial charge in [0.25, 0.3) is 5.91 Å². The van der Waals surface area contributed by atoms with Gasteiger partial charge in [0.1, 0.15) is 5.75 Å². The van der Waals surface area contributed by atoms with Crippen molar-refractivity contribution < 1.29 is 23.9 Å². The van der Waals surface area contributed by atoms with E-state index < -0.39 is 5.91 Å². The second kappa shape index (κ2) is 11.2. The Labute approximate surface area is 170 Å². The molecule has 0 aliphatic carbocycles. The maximum absolute atomic E-state index is 12.1. The molecule has 0 aliphatic heterocycles. The third-order valence-corrected chi connectivity index (χ3v) is 5.05. The number of ether oxygens (including phenoxy) is 2. The van der Waals surface area contributed by atoms with Crippen molar-refractivity contribution in [1.29, 1.82) is 0 Å². The Morgan fingerprint density at radius 2 is 1.86 bits per heavy atom. The molecule has 0 spiro atoms. The fraction of sp³-hybridized carbons (Fsp3) is 0.353. The SMILES string of the molecule is CCOC(=O)CSc1nnc(NC(=O)CNC(=O)c2ccc(OCC)cc2)s1. The zero-order valence-corrected chi connectivity index (χ0v) is 17.0. The van der Waals surface area contributed by atoms with Gasteiger partial charge in [0.05, 0.1) is 25.5 Å². The van der Waals surface area contributed by atoms with Crippen LogP contribution in [0.5, 0.6) is 5.75 Å². The van der Waals surface area contributed by atoms with E-state index in [4.69, 9.17) is 9.47 Å². The number of hydrogen-bond acceptors (Lipinski definition) is 9. The highest BCUT2D eigenvalue weighted by atomic mass is 32.2. The zero-order valence-electron chi connectivity index (χ0n) is 15.4. The molecule has 0 radical (unpaired) electrons. The number of carbonyl (C=O) groups is 3. The standard InChI is InChI=1S/C17H20N4O5S2/c1-3-25-12-7-5-11(6-8-12)15(24)18-9-13(22)19-16-20-21-17(28-16)27-10-14(23)26-4-2/h5-8H,3-4,9-10H2,1-2H3,(H,18,24)(H,19,20,22). The van der Waals surface area contributed by atoms with Crippen LogP contribution in [0.3, 0.4) is 0 Å². The van der Waals surface area contributed by atoms with Crippen LogP contribution in [0.25, 0.3) is 0 Å². The quantitative estimate of drug-likeness (QED) is 0.337. The van der Waals surface area contributed by atoms with E-state index in [-0.39, 0.29) is 29.3 Å². The van der Waals surface area contributed by atoms with Crippen molar-refractivity contribution >= 4 is 46.0 Å². The van der Waals surface area contributed by atoms with Crippen molar-refractivity contribution in [2.45, 2.75) is 18.2 Å². The molecule has 28 heavy (non-hydrogen) atoms. The lowest BCUT2D eigenvalue weighted by atomic mass is 10.2. The van der Waals surface area contributed by atoms with E-state index in [9.17, 15) is 14.4 Å². The van der Waals surface area contributed by atoms with Crippen molar-refractivity contribution in [2.75, 3.05) is 30.8 Å². The molecule has 0 saturated carbocycles. The van der Waals surface area contributed by atoms with Crippen molar-refractivity contribution in [2.24, 2.45) is 0 Å².